The predicted octanol–water partition coefficient (Wildman–Crippen LogP) is 1.11. The summed E-state index contributed by atoms with van der Waals surface area (Å²) in [6.07, 6.45) is 1.64. The van der Waals surface area contributed by atoms with Gasteiger partial charge in [-0.15, -0.1) is 0 Å². The van der Waals surface area contributed by atoms with Crippen molar-refractivity contribution in [2.24, 2.45) is 11.8 Å². The van der Waals surface area contributed by atoms with Gasteiger partial charge in [0.1, 0.15) is 0 Å². The molecule has 1 amide bonds. The van der Waals surface area contributed by atoms with Gasteiger partial charge in [-0.05, 0) is 40.0 Å². The third kappa shape index (κ3) is 3.98. The van der Waals surface area contributed by atoms with Crippen molar-refractivity contribution in [3.8, 4) is 0 Å². The van der Waals surface area contributed by atoms with Gasteiger partial charge in [0, 0.05) is 19.0 Å². The Morgan fingerprint density at radius 2 is 1.83 bits per heavy atom. The number of carbonyl (C=O) groups is 2. The van der Waals surface area contributed by atoms with Crippen molar-refractivity contribution in [2.45, 2.75) is 45.6 Å². The van der Waals surface area contributed by atoms with Crippen molar-refractivity contribution in [3.63, 3.8) is 0 Å². The van der Waals surface area contributed by atoms with Gasteiger partial charge in [0.2, 0.25) is 5.91 Å². The van der Waals surface area contributed by atoms with Crippen molar-refractivity contribution < 1.29 is 19.8 Å². The topological polar surface area (TPSA) is 77.8 Å². The summed E-state index contributed by atoms with van der Waals surface area (Å²) in [5.41, 5.74) is -0.920. The van der Waals surface area contributed by atoms with Crippen molar-refractivity contribution in [3.05, 3.63) is 0 Å². The highest BCUT2D eigenvalue weighted by Crippen LogP contribution is 2.32. The first-order valence-corrected chi connectivity index (χ1v) is 6.48. The summed E-state index contributed by atoms with van der Waals surface area (Å²) < 4.78 is 0. The maximum Gasteiger partial charge on any atom is 0.306 e. The number of amides is 1. The molecule has 2 N–H and O–H groups in total. The Bertz CT molecular complexity index is 321. The smallest absolute Gasteiger partial charge is 0.306 e. The average Bonchev–Trinajstić information content (AvgIpc) is 2.72. The fourth-order valence-electron chi connectivity index (χ4n) is 2.50. The van der Waals surface area contributed by atoms with Crippen molar-refractivity contribution in [1.82, 2.24) is 4.90 Å². The third-order valence-corrected chi connectivity index (χ3v) is 3.40. The van der Waals surface area contributed by atoms with Crippen LogP contribution in [0.25, 0.3) is 0 Å². The molecule has 0 saturated heterocycles. The van der Waals surface area contributed by atoms with E-state index in [1.165, 1.54) is 0 Å². The van der Waals surface area contributed by atoms with Crippen molar-refractivity contribution >= 4 is 11.9 Å². The normalized spacial score (nSPS) is 24.0. The largest absolute Gasteiger partial charge is 0.481 e. The Morgan fingerprint density at radius 1 is 1.28 bits per heavy atom. The molecule has 104 valence electrons. The van der Waals surface area contributed by atoms with E-state index in [1.807, 2.05) is 6.92 Å². The van der Waals surface area contributed by atoms with E-state index >= 15 is 0 Å². The molecule has 0 aliphatic heterocycles. The number of carboxylic acid groups (broad SMARTS) is 1. The minimum absolute atomic E-state index is 0.0247. The quantitative estimate of drug-likeness (QED) is 0.773. The summed E-state index contributed by atoms with van der Waals surface area (Å²) in [6, 6.07) is 0. The van der Waals surface area contributed by atoms with Crippen LogP contribution in [0.1, 0.15) is 40.0 Å². The van der Waals surface area contributed by atoms with Crippen LogP contribution in [0.3, 0.4) is 0 Å². The Balaban J connectivity index is 2.60. The van der Waals surface area contributed by atoms with Gasteiger partial charge in [-0.25, -0.2) is 0 Å². The lowest BCUT2D eigenvalue weighted by atomic mass is 10.0. The summed E-state index contributed by atoms with van der Waals surface area (Å²) in [4.78, 5) is 24.7. The Hall–Kier alpha value is -1.10. The first kappa shape index (κ1) is 15.0. The predicted molar refractivity (Wildman–Crippen MR) is 67.0 cm³/mol. The summed E-state index contributed by atoms with van der Waals surface area (Å²) in [6.45, 7) is 6.02. The van der Waals surface area contributed by atoms with Crippen LogP contribution in [0, 0.1) is 11.8 Å². The van der Waals surface area contributed by atoms with E-state index in [-0.39, 0.29) is 24.3 Å². The molecule has 1 aliphatic carbocycles. The van der Waals surface area contributed by atoms with E-state index in [9.17, 15) is 14.7 Å². The van der Waals surface area contributed by atoms with Crippen LogP contribution in [-0.2, 0) is 9.59 Å². The molecule has 0 spiro atoms. The lowest BCUT2D eigenvalue weighted by molar-refractivity contribution is -0.142. The van der Waals surface area contributed by atoms with Gasteiger partial charge in [0.25, 0.3) is 0 Å². The zero-order chi connectivity index (χ0) is 13.9. The lowest BCUT2D eigenvalue weighted by Crippen LogP contribution is -2.44. The van der Waals surface area contributed by atoms with Gasteiger partial charge in [0.05, 0.1) is 11.5 Å². The Kier molecular flexibility index (Phi) is 4.73. The molecule has 0 heterocycles. The van der Waals surface area contributed by atoms with Crippen LogP contribution in [0.4, 0.5) is 0 Å². The zero-order valence-corrected chi connectivity index (χ0v) is 11.3. The molecule has 0 aromatic heterocycles. The van der Waals surface area contributed by atoms with Crippen LogP contribution in [0.5, 0.6) is 0 Å². The summed E-state index contributed by atoms with van der Waals surface area (Å²) in [5, 5.41) is 18.7. The number of rotatable bonds is 5. The SMILES string of the molecule is CCN(CC(C)(C)O)C(=O)[C@@H]1CC[C@H](C(=O)O)C1. The maximum absolute atomic E-state index is 12.2. The zero-order valence-electron chi connectivity index (χ0n) is 11.3. The molecule has 1 saturated carbocycles. The molecule has 1 rings (SSSR count). The van der Waals surface area contributed by atoms with E-state index in [0.29, 0.717) is 25.8 Å². The van der Waals surface area contributed by atoms with E-state index in [2.05, 4.69) is 0 Å². The summed E-state index contributed by atoms with van der Waals surface area (Å²) in [7, 11) is 0. The minimum atomic E-state index is -0.920. The average molecular weight is 257 g/mol. The second kappa shape index (κ2) is 5.69. The third-order valence-electron chi connectivity index (χ3n) is 3.40. The molecule has 0 radical (unpaired) electrons. The maximum atomic E-state index is 12.2. The molecule has 0 unspecified atom stereocenters. The number of carbonyl (C=O) groups excluding carboxylic acids is 1. The molecule has 1 fully saturated rings. The first-order valence-electron chi connectivity index (χ1n) is 6.48. The number of carboxylic acids is 1. The highest BCUT2D eigenvalue weighted by atomic mass is 16.4. The first-order chi connectivity index (χ1) is 8.24. The van der Waals surface area contributed by atoms with Crippen molar-refractivity contribution in [2.75, 3.05) is 13.1 Å². The number of nitrogens with zero attached hydrogens (tertiary/aromatic N) is 1. The monoisotopic (exact) mass is 257 g/mol. The molecular weight excluding hydrogens is 234 g/mol. The van der Waals surface area contributed by atoms with E-state index in [1.54, 1.807) is 18.7 Å². The van der Waals surface area contributed by atoms with E-state index in [4.69, 9.17) is 5.11 Å². The van der Waals surface area contributed by atoms with E-state index in [0.717, 1.165) is 0 Å². The summed E-state index contributed by atoms with van der Waals surface area (Å²) in [5.74, 6) is -1.42. The lowest BCUT2D eigenvalue weighted by Gasteiger charge is -2.30. The molecule has 18 heavy (non-hydrogen) atoms. The second-order valence-electron chi connectivity index (χ2n) is 5.71. The Labute approximate surface area is 108 Å². The van der Waals surface area contributed by atoms with Crippen LogP contribution in [0.2, 0.25) is 0 Å². The van der Waals surface area contributed by atoms with Gasteiger partial charge in [-0.3, -0.25) is 9.59 Å². The molecule has 0 bridgehead atoms. The van der Waals surface area contributed by atoms with Crippen LogP contribution in [0.15, 0.2) is 0 Å². The number of aliphatic hydroxyl groups is 1. The molecular formula is C13H23NO4. The number of hydrogen-bond donors (Lipinski definition) is 2. The van der Waals surface area contributed by atoms with Gasteiger partial charge in [-0.2, -0.15) is 0 Å². The van der Waals surface area contributed by atoms with Crippen LogP contribution < -0.4 is 0 Å². The van der Waals surface area contributed by atoms with Gasteiger partial charge in [0.15, 0.2) is 0 Å². The van der Waals surface area contributed by atoms with E-state index < -0.39 is 11.6 Å². The van der Waals surface area contributed by atoms with Gasteiger partial charge in [-0.1, -0.05) is 0 Å². The highest BCUT2D eigenvalue weighted by molar-refractivity contribution is 5.81. The molecule has 5 nitrogen and oxygen atoms in total. The number of aliphatic carboxylic acids is 1. The number of hydrogen-bond acceptors (Lipinski definition) is 3. The summed E-state index contributed by atoms with van der Waals surface area (Å²) >= 11 is 0. The molecule has 0 aromatic carbocycles. The fraction of sp³-hybridized carbons (Fsp3) is 0.846. The molecule has 0 aromatic rings. The molecule has 2 atom stereocenters. The fourth-order valence-corrected chi connectivity index (χ4v) is 2.50. The van der Waals surface area contributed by atoms with Crippen LogP contribution in [-0.4, -0.2) is 45.7 Å². The standard InChI is InChI=1S/C13H23NO4/c1-4-14(8-13(2,3)18)11(15)9-5-6-10(7-9)12(16)17/h9-10,18H,4-8H2,1-3H3,(H,16,17)/t9-,10+/m1/s1. The van der Waals surface area contributed by atoms with Crippen LogP contribution >= 0.6 is 0 Å². The molecule has 1 aliphatic rings. The second-order valence-corrected chi connectivity index (χ2v) is 5.71. The molecule has 5 heteroatoms. The highest BCUT2D eigenvalue weighted by Gasteiger charge is 2.36. The van der Waals surface area contributed by atoms with Gasteiger partial charge < -0.3 is 15.1 Å². The minimum Gasteiger partial charge on any atom is -0.481 e. The number of likely N-dealkylation sites (N-methyl/N-ethyl adjacent to an activating group) is 1. The Morgan fingerprint density at radius 3 is 2.22 bits per heavy atom. The van der Waals surface area contributed by atoms with Gasteiger partial charge >= 0.3 is 5.97 Å². The van der Waals surface area contributed by atoms with Crippen molar-refractivity contribution in [1.29, 1.82) is 0 Å².